The second-order valence-corrected chi connectivity index (χ2v) is 3.61. The van der Waals surface area contributed by atoms with Gasteiger partial charge in [-0.25, -0.2) is 0 Å². The highest BCUT2D eigenvalue weighted by Crippen LogP contribution is 2.14. The van der Waals surface area contributed by atoms with Crippen LogP contribution in [0.5, 0.6) is 0 Å². The summed E-state index contributed by atoms with van der Waals surface area (Å²) in [6.07, 6.45) is 0.881. The fourth-order valence-electron chi connectivity index (χ4n) is 1.45. The van der Waals surface area contributed by atoms with Crippen molar-refractivity contribution in [1.82, 2.24) is 20.6 Å². The second-order valence-electron chi connectivity index (χ2n) is 3.61. The summed E-state index contributed by atoms with van der Waals surface area (Å²) in [5.41, 5.74) is 7.89. The second kappa shape index (κ2) is 4.18. The first-order chi connectivity index (χ1) is 7.25. The molecule has 15 heavy (non-hydrogen) atoms. The van der Waals surface area contributed by atoms with Gasteiger partial charge in [-0.15, -0.1) is 10.2 Å². The van der Waals surface area contributed by atoms with Crippen LogP contribution in [-0.4, -0.2) is 26.7 Å². The molecule has 5 nitrogen and oxygen atoms in total. The molecule has 0 saturated carbocycles. The molecule has 2 rings (SSSR count). The van der Waals surface area contributed by atoms with E-state index in [0.29, 0.717) is 5.82 Å². The monoisotopic (exact) mass is 203 g/mol. The van der Waals surface area contributed by atoms with Crippen LogP contribution in [0.25, 0.3) is 11.4 Å². The molecule has 2 aromatic rings. The van der Waals surface area contributed by atoms with Gasteiger partial charge in [0.1, 0.15) is 0 Å². The molecule has 78 valence electrons. The van der Waals surface area contributed by atoms with Crippen molar-refractivity contribution in [1.29, 1.82) is 0 Å². The maximum absolute atomic E-state index is 5.72. The van der Waals surface area contributed by atoms with E-state index in [4.69, 9.17) is 5.73 Å². The van der Waals surface area contributed by atoms with E-state index < -0.39 is 0 Å². The van der Waals surface area contributed by atoms with Crippen LogP contribution in [0, 0.1) is 0 Å². The largest absolute Gasteiger partial charge is 0.328 e. The zero-order chi connectivity index (χ0) is 10.7. The Kier molecular flexibility index (Phi) is 2.73. The van der Waals surface area contributed by atoms with Gasteiger partial charge in [-0.1, -0.05) is 24.3 Å². The Morgan fingerprint density at radius 2 is 2.07 bits per heavy atom. The average Bonchev–Trinajstić information content (AvgIpc) is 2.71. The number of nitrogens with zero attached hydrogens (tertiary/aromatic N) is 3. The lowest BCUT2D eigenvalue weighted by Crippen LogP contribution is -2.17. The van der Waals surface area contributed by atoms with Crippen molar-refractivity contribution in [2.45, 2.75) is 19.4 Å². The molecule has 0 spiro atoms. The first-order valence-corrected chi connectivity index (χ1v) is 4.84. The first-order valence-electron chi connectivity index (χ1n) is 4.84. The molecule has 3 N–H and O–H groups in total. The lowest BCUT2D eigenvalue weighted by atomic mass is 10.1. The Morgan fingerprint density at radius 3 is 2.60 bits per heavy atom. The van der Waals surface area contributed by atoms with Gasteiger partial charge in [-0.3, -0.25) is 0 Å². The molecule has 0 aliphatic carbocycles. The molecule has 0 aliphatic rings. The van der Waals surface area contributed by atoms with Crippen LogP contribution in [0.15, 0.2) is 24.3 Å². The minimum Gasteiger partial charge on any atom is -0.328 e. The van der Waals surface area contributed by atoms with Crippen molar-refractivity contribution in [3.8, 4) is 11.4 Å². The molecule has 0 amide bonds. The lowest BCUT2D eigenvalue weighted by molar-refractivity contribution is 0.738. The van der Waals surface area contributed by atoms with Crippen LogP contribution >= 0.6 is 0 Å². The number of aromatic amines is 1. The number of nitrogens with two attached hydrogens (primary N) is 1. The Hall–Kier alpha value is -1.75. The lowest BCUT2D eigenvalue weighted by Gasteiger charge is -2.04. The number of aromatic nitrogens is 4. The SMILES string of the molecule is CC(N)Cc1ccc(-c2nn[nH]n2)cc1. The molecular weight excluding hydrogens is 190 g/mol. The molecule has 0 saturated heterocycles. The zero-order valence-electron chi connectivity index (χ0n) is 8.51. The van der Waals surface area contributed by atoms with E-state index in [1.165, 1.54) is 5.56 Å². The number of H-pyrrole nitrogens is 1. The Morgan fingerprint density at radius 1 is 1.33 bits per heavy atom. The van der Waals surface area contributed by atoms with Crippen LogP contribution < -0.4 is 5.73 Å². The van der Waals surface area contributed by atoms with Gasteiger partial charge in [-0.05, 0) is 24.1 Å². The fourth-order valence-corrected chi connectivity index (χ4v) is 1.45. The quantitative estimate of drug-likeness (QED) is 0.771. The van der Waals surface area contributed by atoms with Crippen LogP contribution in [0.1, 0.15) is 12.5 Å². The zero-order valence-corrected chi connectivity index (χ0v) is 8.51. The predicted octanol–water partition coefficient (Wildman–Crippen LogP) is 0.756. The summed E-state index contributed by atoms with van der Waals surface area (Å²) in [5.74, 6) is 0.613. The number of benzene rings is 1. The summed E-state index contributed by atoms with van der Waals surface area (Å²) in [6, 6.07) is 8.20. The maximum Gasteiger partial charge on any atom is 0.204 e. The molecule has 1 unspecified atom stereocenters. The molecule has 1 atom stereocenters. The number of hydrogen-bond donors (Lipinski definition) is 2. The van der Waals surface area contributed by atoms with E-state index in [1.54, 1.807) is 0 Å². The van der Waals surface area contributed by atoms with Crippen LogP contribution in [-0.2, 0) is 6.42 Å². The summed E-state index contributed by atoms with van der Waals surface area (Å²) in [4.78, 5) is 0. The van der Waals surface area contributed by atoms with Gasteiger partial charge in [0.25, 0.3) is 0 Å². The fraction of sp³-hybridized carbons (Fsp3) is 0.300. The van der Waals surface area contributed by atoms with Crippen molar-refractivity contribution >= 4 is 0 Å². The first kappa shape index (κ1) is 9.79. The van der Waals surface area contributed by atoms with Gasteiger partial charge in [0.05, 0.1) is 0 Å². The maximum atomic E-state index is 5.72. The third-order valence-corrected chi connectivity index (χ3v) is 2.12. The summed E-state index contributed by atoms with van der Waals surface area (Å²) >= 11 is 0. The third kappa shape index (κ3) is 2.38. The molecule has 0 radical (unpaired) electrons. The van der Waals surface area contributed by atoms with Gasteiger partial charge in [0, 0.05) is 11.6 Å². The molecule has 1 heterocycles. The standard InChI is InChI=1S/C10H13N5/c1-7(11)6-8-2-4-9(5-3-8)10-12-14-15-13-10/h2-5,7H,6,11H2,1H3,(H,12,13,14,15). The molecule has 0 aliphatic heterocycles. The molecular formula is C10H13N5. The molecule has 1 aromatic heterocycles. The van der Waals surface area contributed by atoms with Crippen molar-refractivity contribution in [3.05, 3.63) is 29.8 Å². The van der Waals surface area contributed by atoms with Crippen LogP contribution in [0.3, 0.4) is 0 Å². The summed E-state index contributed by atoms with van der Waals surface area (Å²) < 4.78 is 0. The van der Waals surface area contributed by atoms with E-state index in [9.17, 15) is 0 Å². The van der Waals surface area contributed by atoms with Gasteiger partial charge in [-0.2, -0.15) is 5.21 Å². The highest BCUT2D eigenvalue weighted by atomic mass is 15.5. The Labute approximate surface area is 87.7 Å². The number of hydrogen-bond acceptors (Lipinski definition) is 4. The van der Waals surface area contributed by atoms with E-state index in [-0.39, 0.29) is 6.04 Å². The van der Waals surface area contributed by atoms with E-state index in [1.807, 2.05) is 31.2 Å². The topological polar surface area (TPSA) is 80.5 Å². The van der Waals surface area contributed by atoms with E-state index >= 15 is 0 Å². The average molecular weight is 203 g/mol. The Bertz CT molecular complexity index is 404. The summed E-state index contributed by atoms with van der Waals surface area (Å²) in [5, 5.41) is 13.7. The van der Waals surface area contributed by atoms with Crippen LogP contribution in [0.2, 0.25) is 0 Å². The highest BCUT2D eigenvalue weighted by Gasteiger charge is 2.03. The van der Waals surface area contributed by atoms with Gasteiger partial charge in [0.15, 0.2) is 0 Å². The molecule has 5 heteroatoms. The number of tetrazole rings is 1. The smallest absolute Gasteiger partial charge is 0.204 e. The molecule has 1 aromatic carbocycles. The highest BCUT2D eigenvalue weighted by molar-refractivity contribution is 5.54. The molecule has 0 fully saturated rings. The normalized spacial score (nSPS) is 12.7. The third-order valence-electron chi connectivity index (χ3n) is 2.12. The Balaban J connectivity index is 2.17. The van der Waals surface area contributed by atoms with Gasteiger partial charge >= 0.3 is 0 Å². The predicted molar refractivity (Wildman–Crippen MR) is 57.0 cm³/mol. The van der Waals surface area contributed by atoms with E-state index in [2.05, 4.69) is 20.6 Å². The van der Waals surface area contributed by atoms with Gasteiger partial charge < -0.3 is 5.73 Å². The van der Waals surface area contributed by atoms with Crippen LogP contribution in [0.4, 0.5) is 0 Å². The number of rotatable bonds is 3. The minimum absolute atomic E-state index is 0.182. The summed E-state index contributed by atoms with van der Waals surface area (Å²) in [6.45, 7) is 1.99. The van der Waals surface area contributed by atoms with Crippen molar-refractivity contribution in [2.75, 3.05) is 0 Å². The van der Waals surface area contributed by atoms with Crippen molar-refractivity contribution < 1.29 is 0 Å². The molecule has 0 bridgehead atoms. The van der Waals surface area contributed by atoms with E-state index in [0.717, 1.165) is 12.0 Å². The van der Waals surface area contributed by atoms with Crippen molar-refractivity contribution in [2.24, 2.45) is 5.73 Å². The minimum atomic E-state index is 0.182. The summed E-state index contributed by atoms with van der Waals surface area (Å²) in [7, 11) is 0. The van der Waals surface area contributed by atoms with Gasteiger partial charge in [0.2, 0.25) is 5.82 Å². The van der Waals surface area contributed by atoms with Crippen molar-refractivity contribution in [3.63, 3.8) is 0 Å². The number of nitrogens with one attached hydrogen (secondary N) is 1.